The molecule has 1 saturated heterocycles. The predicted octanol–water partition coefficient (Wildman–Crippen LogP) is 7.33. The van der Waals surface area contributed by atoms with Crippen molar-refractivity contribution in [2.45, 2.75) is 66.2 Å². The number of aromatic nitrogens is 3. The monoisotopic (exact) mass is 621 g/mol. The zero-order valence-corrected chi connectivity index (χ0v) is 27.6. The molecule has 10 heteroatoms. The normalized spacial score (nSPS) is 15.3. The van der Waals surface area contributed by atoms with Crippen LogP contribution in [0.2, 0.25) is 5.02 Å². The first-order valence-electron chi connectivity index (χ1n) is 14.8. The predicted molar refractivity (Wildman–Crippen MR) is 175 cm³/mol. The van der Waals surface area contributed by atoms with E-state index in [0.717, 1.165) is 75.3 Å². The highest BCUT2D eigenvalue weighted by molar-refractivity contribution is 7.22. The zero-order chi connectivity index (χ0) is 30.9. The summed E-state index contributed by atoms with van der Waals surface area (Å²) in [6.07, 6.45) is 0.888. The van der Waals surface area contributed by atoms with E-state index < -0.39 is 17.7 Å². The maximum atomic E-state index is 13.4. The molecule has 3 heterocycles. The molecular weight excluding hydrogens is 582 g/mol. The lowest BCUT2D eigenvalue weighted by atomic mass is 9.91. The van der Waals surface area contributed by atoms with E-state index in [9.17, 15) is 4.79 Å². The van der Waals surface area contributed by atoms with Crippen molar-refractivity contribution in [2.75, 3.05) is 37.7 Å². The third-order valence-corrected chi connectivity index (χ3v) is 8.85. The van der Waals surface area contributed by atoms with Gasteiger partial charge >= 0.3 is 5.97 Å². The highest BCUT2D eigenvalue weighted by Crippen LogP contribution is 2.44. The fourth-order valence-corrected chi connectivity index (χ4v) is 6.64. The van der Waals surface area contributed by atoms with Crippen LogP contribution in [0.15, 0.2) is 42.6 Å². The number of esters is 1. The van der Waals surface area contributed by atoms with E-state index in [1.807, 2.05) is 70.3 Å². The summed E-state index contributed by atoms with van der Waals surface area (Å²) in [5.74, 6) is 0.300. The van der Waals surface area contributed by atoms with E-state index in [1.165, 1.54) is 0 Å². The van der Waals surface area contributed by atoms with Crippen LogP contribution in [0.1, 0.15) is 58.8 Å². The quantitative estimate of drug-likeness (QED) is 0.189. The van der Waals surface area contributed by atoms with Crippen LogP contribution in [0.3, 0.4) is 0 Å². The first kappa shape index (κ1) is 31.3. The van der Waals surface area contributed by atoms with Gasteiger partial charge in [-0.15, -0.1) is 11.3 Å². The molecule has 0 bridgehead atoms. The van der Waals surface area contributed by atoms with Gasteiger partial charge in [-0.2, -0.15) is 0 Å². The number of hydrogen-bond acceptors (Lipinski definition) is 9. The summed E-state index contributed by atoms with van der Waals surface area (Å²) in [7, 11) is 0. The van der Waals surface area contributed by atoms with Crippen molar-refractivity contribution in [1.29, 1.82) is 0 Å². The van der Waals surface area contributed by atoms with E-state index in [0.29, 0.717) is 11.1 Å². The smallest absolute Gasteiger partial charge is 0.339 e. The van der Waals surface area contributed by atoms with E-state index in [-0.39, 0.29) is 6.61 Å². The Bertz CT molecular complexity index is 1590. The number of halogens is 1. The summed E-state index contributed by atoms with van der Waals surface area (Å²) >= 11 is 7.84. The van der Waals surface area contributed by atoms with Gasteiger partial charge in [0.05, 0.1) is 22.4 Å². The van der Waals surface area contributed by atoms with Crippen molar-refractivity contribution in [3.8, 4) is 21.8 Å². The first-order valence-corrected chi connectivity index (χ1v) is 16.0. The fraction of sp³-hybridized carbons (Fsp3) is 0.455. The Morgan fingerprint density at radius 2 is 1.77 bits per heavy atom. The maximum absolute atomic E-state index is 13.4. The van der Waals surface area contributed by atoms with Gasteiger partial charge in [-0.3, -0.25) is 4.90 Å². The van der Waals surface area contributed by atoms with Gasteiger partial charge in [-0.25, -0.2) is 19.7 Å². The Morgan fingerprint density at radius 1 is 1.07 bits per heavy atom. The Hall–Kier alpha value is -3.11. The molecule has 0 N–H and O–H groups in total. The molecular formula is C33H40ClN5O3S. The molecule has 5 rings (SSSR count). The first-order chi connectivity index (χ1) is 20.4. The van der Waals surface area contributed by atoms with Gasteiger partial charge in [0, 0.05) is 54.6 Å². The summed E-state index contributed by atoms with van der Waals surface area (Å²) in [5, 5.41) is 1.42. The van der Waals surface area contributed by atoms with E-state index in [2.05, 4.69) is 28.6 Å². The molecule has 0 spiro atoms. The maximum Gasteiger partial charge on any atom is 0.339 e. The van der Waals surface area contributed by atoms with Crippen LogP contribution in [-0.4, -0.2) is 70.2 Å². The molecule has 0 radical (unpaired) electrons. The average Bonchev–Trinajstić information content (AvgIpc) is 3.39. The third-order valence-electron chi connectivity index (χ3n) is 7.48. The number of hydrogen-bond donors (Lipinski definition) is 0. The highest BCUT2D eigenvalue weighted by Gasteiger charge is 2.33. The van der Waals surface area contributed by atoms with E-state index >= 15 is 0 Å². The zero-order valence-electron chi connectivity index (χ0n) is 26.0. The number of nitrogens with zero attached hydrogens (tertiary/aromatic N) is 5. The molecule has 228 valence electrons. The van der Waals surface area contributed by atoms with Crippen molar-refractivity contribution in [3.63, 3.8) is 0 Å². The second-order valence-corrected chi connectivity index (χ2v) is 13.5. The van der Waals surface area contributed by atoms with Gasteiger partial charge in [-0.05, 0) is 83.9 Å². The number of thiazole rings is 1. The summed E-state index contributed by atoms with van der Waals surface area (Å²) in [6, 6.07) is 12.1. The average molecular weight is 622 g/mol. The topological polar surface area (TPSA) is 80.7 Å². The lowest BCUT2D eigenvalue weighted by Crippen LogP contribution is -2.49. The van der Waals surface area contributed by atoms with E-state index in [4.69, 9.17) is 31.0 Å². The summed E-state index contributed by atoms with van der Waals surface area (Å²) in [5.41, 5.74) is 4.47. The standard InChI is InChI=1S/C33H40ClN5O3S/c1-8-41-31(40)28(42-33(5,6)7)26-21(4)19-25-29(27(26)22-9-11-23(34)12-10-22)43-30(36-25)24-13-14-35-32(37-24)39-17-15-38(16-18-39)20(2)3/h9-14,19-20,28H,8,15-18H2,1-7H3/t28-/m0/s1. The lowest BCUT2D eigenvalue weighted by molar-refractivity contribution is -0.166. The Morgan fingerprint density at radius 3 is 2.40 bits per heavy atom. The molecule has 1 aliphatic rings. The molecule has 1 atom stereocenters. The van der Waals surface area contributed by atoms with Crippen molar-refractivity contribution in [1.82, 2.24) is 19.9 Å². The molecule has 1 aliphatic heterocycles. The number of carbonyl (C=O) groups excluding carboxylic acids is 1. The number of aryl methyl sites for hydroxylation is 1. The number of carbonyl (C=O) groups is 1. The van der Waals surface area contributed by atoms with E-state index in [1.54, 1.807) is 18.3 Å². The minimum Gasteiger partial charge on any atom is -0.464 e. The largest absolute Gasteiger partial charge is 0.464 e. The molecule has 0 unspecified atom stereocenters. The minimum atomic E-state index is -0.921. The van der Waals surface area contributed by atoms with Gasteiger partial charge in [-0.1, -0.05) is 23.7 Å². The van der Waals surface area contributed by atoms with Crippen LogP contribution >= 0.6 is 22.9 Å². The number of ether oxygens (including phenoxy) is 2. The van der Waals surface area contributed by atoms with Gasteiger partial charge in [0.1, 0.15) is 10.7 Å². The molecule has 0 aliphatic carbocycles. The summed E-state index contributed by atoms with van der Waals surface area (Å²) in [6.45, 7) is 18.1. The van der Waals surface area contributed by atoms with Crippen molar-refractivity contribution < 1.29 is 14.3 Å². The molecule has 43 heavy (non-hydrogen) atoms. The van der Waals surface area contributed by atoms with Gasteiger partial charge in [0.2, 0.25) is 5.95 Å². The molecule has 4 aromatic rings. The second kappa shape index (κ2) is 12.9. The van der Waals surface area contributed by atoms with Crippen LogP contribution in [0.25, 0.3) is 32.0 Å². The number of rotatable bonds is 8. The van der Waals surface area contributed by atoms with Gasteiger partial charge in [0.25, 0.3) is 0 Å². The van der Waals surface area contributed by atoms with Crippen molar-refractivity contribution in [3.05, 3.63) is 58.7 Å². The molecule has 1 fully saturated rings. The summed E-state index contributed by atoms with van der Waals surface area (Å²) < 4.78 is 12.9. The number of benzene rings is 2. The Balaban J connectivity index is 1.63. The van der Waals surface area contributed by atoms with Crippen molar-refractivity contribution >= 4 is 45.1 Å². The number of piperazine rings is 1. The van der Waals surface area contributed by atoms with Crippen molar-refractivity contribution in [2.24, 2.45) is 0 Å². The molecule has 2 aromatic carbocycles. The fourth-order valence-electron chi connectivity index (χ4n) is 5.42. The Kier molecular flexibility index (Phi) is 9.37. The van der Waals surface area contributed by atoms with Crippen LogP contribution in [-0.2, 0) is 14.3 Å². The lowest BCUT2D eigenvalue weighted by Gasteiger charge is -2.36. The molecule has 0 saturated carbocycles. The van der Waals surface area contributed by atoms with Gasteiger partial charge < -0.3 is 14.4 Å². The second-order valence-electron chi connectivity index (χ2n) is 12.1. The van der Waals surface area contributed by atoms with Crippen LogP contribution in [0.5, 0.6) is 0 Å². The molecule has 2 aromatic heterocycles. The van der Waals surface area contributed by atoms with Crippen LogP contribution in [0, 0.1) is 6.92 Å². The minimum absolute atomic E-state index is 0.258. The Labute approximate surface area is 263 Å². The highest BCUT2D eigenvalue weighted by atomic mass is 35.5. The van der Waals surface area contributed by atoms with Crippen LogP contribution in [0.4, 0.5) is 5.95 Å². The summed E-state index contributed by atoms with van der Waals surface area (Å²) in [4.78, 5) is 32.7. The number of fused-ring (bicyclic) bond motifs is 1. The van der Waals surface area contributed by atoms with Gasteiger partial charge in [0.15, 0.2) is 6.10 Å². The third kappa shape index (κ3) is 7.01. The number of anilines is 1. The SMILES string of the molecule is CCOC(=O)[C@@H](OC(C)(C)C)c1c(C)cc2nc(-c3ccnc(N4CCN(C(C)C)CC4)n3)sc2c1-c1ccc(Cl)cc1. The molecule has 0 amide bonds. The molecule has 8 nitrogen and oxygen atoms in total. The van der Waals surface area contributed by atoms with Crippen LogP contribution < -0.4 is 4.90 Å².